The van der Waals surface area contributed by atoms with E-state index in [0.29, 0.717) is 22.7 Å². The minimum absolute atomic E-state index is 0.0836. The lowest BCUT2D eigenvalue weighted by molar-refractivity contribution is -0.119. The molecule has 0 atom stereocenters. The Labute approximate surface area is 207 Å². The van der Waals surface area contributed by atoms with Crippen LogP contribution in [0.5, 0.6) is 11.5 Å². The van der Waals surface area contributed by atoms with E-state index >= 15 is 0 Å². The van der Waals surface area contributed by atoms with Crippen LogP contribution >= 0.6 is 15.9 Å². The van der Waals surface area contributed by atoms with Gasteiger partial charge in [0.1, 0.15) is 18.0 Å². The van der Waals surface area contributed by atoms with Gasteiger partial charge in [-0.2, -0.15) is 5.10 Å². The van der Waals surface area contributed by atoms with Crippen LogP contribution in [-0.4, -0.2) is 41.3 Å². The first kappa shape index (κ1) is 25.3. The molecule has 3 aromatic rings. The molecule has 0 saturated carbocycles. The molecule has 0 spiro atoms. The molecule has 3 rings (SSSR count). The van der Waals surface area contributed by atoms with Gasteiger partial charge in [-0.15, -0.1) is 0 Å². The van der Waals surface area contributed by atoms with Gasteiger partial charge < -0.3 is 9.47 Å². The minimum atomic E-state index is -4.00. The number of ether oxygens (including phenoxy) is 2. The molecule has 3 aromatic carbocycles. The Morgan fingerprint density at radius 3 is 2.32 bits per heavy atom. The van der Waals surface area contributed by atoms with Gasteiger partial charge in [-0.05, 0) is 55.5 Å². The predicted octanol–water partition coefficient (Wildman–Crippen LogP) is 4.12. The summed E-state index contributed by atoms with van der Waals surface area (Å²) in [5, 5.41) is 3.96. The zero-order valence-electron chi connectivity index (χ0n) is 18.9. The van der Waals surface area contributed by atoms with Crippen LogP contribution in [0.25, 0.3) is 0 Å². The van der Waals surface area contributed by atoms with Crippen molar-refractivity contribution in [3.8, 4) is 11.5 Å². The summed E-state index contributed by atoms with van der Waals surface area (Å²) in [5.74, 6) is 0.516. The van der Waals surface area contributed by atoms with Crippen molar-refractivity contribution in [3.05, 3.63) is 82.3 Å². The van der Waals surface area contributed by atoms with E-state index in [0.717, 1.165) is 14.3 Å². The van der Waals surface area contributed by atoms with Crippen molar-refractivity contribution in [2.24, 2.45) is 5.10 Å². The van der Waals surface area contributed by atoms with Crippen LogP contribution in [0.2, 0.25) is 0 Å². The molecule has 0 unspecified atom stereocenters. The number of nitrogens with zero attached hydrogens (tertiary/aromatic N) is 2. The standard InChI is InChI=1S/C24H24BrN3O5S/c1-17-4-12-22(13-5-17)34(30,31)28(20-9-7-19(25)8-10-20)16-24(29)27-26-15-18-6-11-21(32-2)14-23(18)33-3/h4-15H,16H2,1-3H3,(H,27,29)/b26-15-. The number of halogens is 1. The van der Waals surface area contributed by atoms with Crippen molar-refractivity contribution < 1.29 is 22.7 Å². The minimum Gasteiger partial charge on any atom is -0.497 e. The first-order chi connectivity index (χ1) is 16.2. The molecule has 0 aliphatic carbocycles. The number of hydrogen-bond acceptors (Lipinski definition) is 6. The highest BCUT2D eigenvalue weighted by molar-refractivity contribution is 9.10. The summed E-state index contributed by atoms with van der Waals surface area (Å²) >= 11 is 3.34. The van der Waals surface area contributed by atoms with Gasteiger partial charge in [0.25, 0.3) is 15.9 Å². The van der Waals surface area contributed by atoms with Crippen LogP contribution < -0.4 is 19.2 Å². The molecular formula is C24H24BrN3O5S. The number of benzene rings is 3. The molecule has 0 aliphatic heterocycles. The van der Waals surface area contributed by atoms with Crippen LogP contribution in [0.1, 0.15) is 11.1 Å². The number of hydrazone groups is 1. The maximum atomic E-state index is 13.4. The number of hydrogen-bond donors (Lipinski definition) is 1. The van der Waals surface area contributed by atoms with E-state index in [9.17, 15) is 13.2 Å². The lowest BCUT2D eigenvalue weighted by Gasteiger charge is -2.23. The van der Waals surface area contributed by atoms with Crippen molar-refractivity contribution in [2.75, 3.05) is 25.1 Å². The Balaban J connectivity index is 1.82. The van der Waals surface area contributed by atoms with E-state index in [2.05, 4.69) is 26.5 Å². The molecule has 8 nitrogen and oxygen atoms in total. The Bertz CT molecular complexity index is 1280. The van der Waals surface area contributed by atoms with Gasteiger partial charge >= 0.3 is 0 Å². The zero-order valence-corrected chi connectivity index (χ0v) is 21.3. The molecule has 34 heavy (non-hydrogen) atoms. The molecule has 0 bridgehead atoms. The number of methoxy groups -OCH3 is 2. The van der Waals surface area contributed by atoms with E-state index < -0.39 is 22.5 Å². The summed E-state index contributed by atoms with van der Waals surface area (Å²) in [6.45, 7) is 1.40. The predicted molar refractivity (Wildman–Crippen MR) is 135 cm³/mol. The van der Waals surface area contributed by atoms with Gasteiger partial charge in [-0.3, -0.25) is 9.10 Å². The lowest BCUT2D eigenvalue weighted by Crippen LogP contribution is -2.39. The lowest BCUT2D eigenvalue weighted by atomic mass is 10.2. The van der Waals surface area contributed by atoms with Crippen molar-refractivity contribution >= 4 is 43.8 Å². The first-order valence-electron chi connectivity index (χ1n) is 10.1. The van der Waals surface area contributed by atoms with Gasteiger partial charge in [-0.1, -0.05) is 33.6 Å². The second-order valence-corrected chi connectivity index (χ2v) is 9.98. The SMILES string of the molecule is COc1ccc(/C=N\NC(=O)CN(c2ccc(Br)cc2)S(=O)(=O)c2ccc(C)cc2)c(OC)c1. The second-order valence-electron chi connectivity index (χ2n) is 7.20. The number of nitrogens with one attached hydrogen (secondary N) is 1. The third-order valence-corrected chi connectivity index (χ3v) is 7.16. The second kappa shape index (κ2) is 11.2. The highest BCUT2D eigenvalue weighted by atomic mass is 79.9. The molecule has 0 radical (unpaired) electrons. The fourth-order valence-corrected chi connectivity index (χ4v) is 4.71. The molecule has 0 fully saturated rings. The molecule has 0 saturated heterocycles. The third-order valence-electron chi connectivity index (χ3n) is 4.84. The average Bonchev–Trinajstić information content (AvgIpc) is 2.83. The fourth-order valence-electron chi connectivity index (χ4n) is 3.02. The van der Waals surface area contributed by atoms with E-state index in [-0.39, 0.29) is 4.90 Å². The zero-order chi connectivity index (χ0) is 24.7. The number of aryl methyl sites for hydroxylation is 1. The summed E-state index contributed by atoms with van der Waals surface area (Å²) in [7, 11) is -0.946. The van der Waals surface area contributed by atoms with Crippen molar-refractivity contribution in [3.63, 3.8) is 0 Å². The monoisotopic (exact) mass is 545 g/mol. The number of carbonyl (C=O) groups is 1. The van der Waals surface area contributed by atoms with E-state index in [1.807, 2.05) is 6.92 Å². The van der Waals surface area contributed by atoms with Crippen LogP contribution in [0.3, 0.4) is 0 Å². The Morgan fingerprint density at radius 1 is 1.03 bits per heavy atom. The quantitative estimate of drug-likeness (QED) is 0.322. The Hall–Kier alpha value is -3.37. The topological polar surface area (TPSA) is 97.3 Å². The summed E-state index contributed by atoms with van der Waals surface area (Å²) < 4.78 is 39.0. The van der Waals surface area contributed by atoms with Crippen molar-refractivity contribution in [2.45, 2.75) is 11.8 Å². The smallest absolute Gasteiger partial charge is 0.264 e. The molecule has 178 valence electrons. The van der Waals surface area contributed by atoms with Gasteiger partial charge in [-0.25, -0.2) is 13.8 Å². The summed E-state index contributed by atoms with van der Waals surface area (Å²) in [6, 6.07) is 18.2. The normalized spacial score (nSPS) is 11.3. The van der Waals surface area contributed by atoms with Crippen LogP contribution in [0.4, 0.5) is 5.69 Å². The van der Waals surface area contributed by atoms with Crippen LogP contribution in [0.15, 0.2) is 81.2 Å². The van der Waals surface area contributed by atoms with Gasteiger partial charge in [0.05, 0.1) is 31.0 Å². The maximum Gasteiger partial charge on any atom is 0.264 e. The Morgan fingerprint density at radius 2 is 1.71 bits per heavy atom. The molecule has 1 N–H and O–H groups in total. The van der Waals surface area contributed by atoms with E-state index in [1.165, 1.54) is 25.5 Å². The summed E-state index contributed by atoms with van der Waals surface area (Å²) in [6.07, 6.45) is 1.41. The molecule has 0 aliphatic rings. The molecule has 1 amide bonds. The Kier molecular flexibility index (Phi) is 8.30. The molecule has 0 aromatic heterocycles. The number of amides is 1. The number of carbonyl (C=O) groups excluding carboxylic acids is 1. The molecule has 10 heteroatoms. The van der Waals surface area contributed by atoms with Crippen molar-refractivity contribution in [1.29, 1.82) is 0 Å². The first-order valence-corrected chi connectivity index (χ1v) is 12.4. The van der Waals surface area contributed by atoms with Crippen LogP contribution in [0, 0.1) is 6.92 Å². The van der Waals surface area contributed by atoms with Gasteiger partial charge in [0.15, 0.2) is 0 Å². The summed E-state index contributed by atoms with van der Waals surface area (Å²) in [4.78, 5) is 12.8. The third kappa shape index (κ3) is 6.15. The highest BCUT2D eigenvalue weighted by Gasteiger charge is 2.27. The van der Waals surface area contributed by atoms with Crippen molar-refractivity contribution in [1.82, 2.24) is 5.43 Å². The average molecular weight is 546 g/mol. The van der Waals surface area contributed by atoms with Gasteiger partial charge in [0, 0.05) is 16.1 Å². The number of rotatable bonds is 9. The summed E-state index contributed by atoms with van der Waals surface area (Å²) in [5.41, 5.74) is 4.27. The largest absolute Gasteiger partial charge is 0.497 e. The highest BCUT2D eigenvalue weighted by Crippen LogP contribution is 2.26. The van der Waals surface area contributed by atoms with Crippen LogP contribution in [-0.2, 0) is 14.8 Å². The maximum absolute atomic E-state index is 13.4. The van der Waals surface area contributed by atoms with E-state index in [1.54, 1.807) is 61.7 Å². The molecule has 0 heterocycles. The fraction of sp³-hybridized carbons (Fsp3) is 0.167. The molecular weight excluding hydrogens is 522 g/mol. The number of anilines is 1. The van der Waals surface area contributed by atoms with E-state index in [4.69, 9.17) is 9.47 Å². The number of sulfonamides is 1. The van der Waals surface area contributed by atoms with Gasteiger partial charge in [0.2, 0.25) is 0 Å².